The molecule has 0 bridgehead atoms. The molecule has 1 aromatic heterocycles. The van der Waals surface area contributed by atoms with Crippen molar-refractivity contribution in [2.75, 3.05) is 0 Å². The van der Waals surface area contributed by atoms with Crippen LogP contribution in [0.3, 0.4) is 0 Å². The summed E-state index contributed by atoms with van der Waals surface area (Å²) in [5.41, 5.74) is 2.95. The van der Waals surface area contributed by atoms with Gasteiger partial charge in [-0.1, -0.05) is 45.0 Å². The minimum Gasteiger partial charge on any atom is -0.478 e. The molecule has 0 amide bonds. The number of benzene rings is 1. The van der Waals surface area contributed by atoms with Gasteiger partial charge in [-0.25, -0.2) is 4.79 Å². The Morgan fingerprint density at radius 2 is 1.79 bits per heavy atom. The number of carbonyl (C=O) groups is 1. The van der Waals surface area contributed by atoms with E-state index in [2.05, 4.69) is 45.0 Å². The number of rotatable bonds is 3. The largest absolute Gasteiger partial charge is 0.478 e. The molecule has 0 saturated heterocycles. The van der Waals surface area contributed by atoms with E-state index >= 15 is 0 Å². The van der Waals surface area contributed by atoms with E-state index in [1.54, 1.807) is 18.5 Å². The molecule has 0 atom stereocenters. The van der Waals surface area contributed by atoms with Gasteiger partial charge >= 0.3 is 5.97 Å². The van der Waals surface area contributed by atoms with Crippen molar-refractivity contribution >= 4 is 5.97 Å². The smallest absolute Gasteiger partial charge is 0.337 e. The van der Waals surface area contributed by atoms with Crippen molar-refractivity contribution in [1.29, 1.82) is 0 Å². The van der Waals surface area contributed by atoms with Crippen molar-refractivity contribution < 1.29 is 9.90 Å². The van der Waals surface area contributed by atoms with Crippen molar-refractivity contribution in [3.63, 3.8) is 0 Å². The van der Waals surface area contributed by atoms with Gasteiger partial charge in [0.05, 0.1) is 5.56 Å². The van der Waals surface area contributed by atoms with Gasteiger partial charge in [0.25, 0.3) is 0 Å². The summed E-state index contributed by atoms with van der Waals surface area (Å²) >= 11 is 0. The predicted octanol–water partition coefficient (Wildman–Crippen LogP) is 3.53. The van der Waals surface area contributed by atoms with E-state index in [1.807, 2.05) is 4.57 Å². The molecule has 3 heteroatoms. The first kappa shape index (κ1) is 13.4. The molecule has 0 unspecified atom stereocenters. The molecule has 0 saturated carbocycles. The normalized spacial score (nSPS) is 11.5. The number of carboxylic acids is 1. The zero-order valence-electron chi connectivity index (χ0n) is 11.6. The van der Waals surface area contributed by atoms with E-state index in [4.69, 9.17) is 5.11 Å². The van der Waals surface area contributed by atoms with Gasteiger partial charge in [0.15, 0.2) is 0 Å². The van der Waals surface area contributed by atoms with Crippen molar-refractivity contribution in [1.82, 2.24) is 4.57 Å². The van der Waals surface area contributed by atoms with Crippen LogP contribution in [0.4, 0.5) is 0 Å². The van der Waals surface area contributed by atoms with Crippen LogP contribution in [0, 0.1) is 0 Å². The molecule has 2 rings (SSSR count). The van der Waals surface area contributed by atoms with Gasteiger partial charge in [0.1, 0.15) is 0 Å². The van der Waals surface area contributed by atoms with Gasteiger partial charge in [-0.2, -0.15) is 0 Å². The second-order valence-electron chi connectivity index (χ2n) is 5.82. The Hall–Kier alpha value is -2.03. The molecule has 1 aromatic carbocycles. The minimum absolute atomic E-state index is 0.155. The van der Waals surface area contributed by atoms with Crippen molar-refractivity contribution in [2.24, 2.45) is 0 Å². The van der Waals surface area contributed by atoms with E-state index in [0.29, 0.717) is 12.1 Å². The second-order valence-corrected chi connectivity index (χ2v) is 5.82. The highest BCUT2D eigenvalue weighted by atomic mass is 16.4. The molecule has 0 aliphatic rings. The summed E-state index contributed by atoms with van der Waals surface area (Å²) in [5, 5.41) is 8.88. The number of hydrogen-bond donors (Lipinski definition) is 1. The maximum atomic E-state index is 10.8. The zero-order valence-corrected chi connectivity index (χ0v) is 11.6. The second kappa shape index (κ2) is 4.92. The monoisotopic (exact) mass is 257 g/mol. The lowest BCUT2D eigenvalue weighted by atomic mass is 9.87. The highest BCUT2D eigenvalue weighted by Gasteiger charge is 2.12. The molecule has 0 aliphatic carbocycles. The van der Waals surface area contributed by atoms with Crippen LogP contribution in [0.2, 0.25) is 0 Å². The van der Waals surface area contributed by atoms with Gasteiger partial charge in [0, 0.05) is 18.9 Å². The fourth-order valence-electron chi connectivity index (χ4n) is 1.99. The van der Waals surface area contributed by atoms with E-state index in [-0.39, 0.29) is 5.41 Å². The third kappa shape index (κ3) is 3.25. The summed E-state index contributed by atoms with van der Waals surface area (Å²) in [6, 6.07) is 10.1. The quantitative estimate of drug-likeness (QED) is 0.914. The fraction of sp³-hybridized carbons (Fsp3) is 0.312. The van der Waals surface area contributed by atoms with E-state index in [1.165, 1.54) is 11.1 Å². The van der Waals surface area contributed by atoms with Crippen molar-refractivity contribution in [2.45, 2.75) is 32.7 Å². The zero-order chi connectivity index (χ0) is 14.0. The Kier molecular flexibility index (Phi) is 3.47. The lowest BCUT2D eigenvalue weighted by Gasteiger charge is -2.19. The number of hydrogen-bond acceptors (Lipinski definition) is 1. The molecule has 3 nitrogen and oxygen atoms in total. The number of nitrogens with zero attached hydrogens (tertiary/aromatic N) is 1. The van der Waals surface area contributed by atoms with Crippen molar-refractivity contribution in [3.8, 4) is 0 Å². The lowest BCUT2D eigenvalue weighted by Crippen LogP contribution is -2.10. The molecule has 0 spiro atoms. The summed E-state index contributed by atoms with van der Waals surface area (Å²) in [4.78, 5) is 10.8. The Morgan fingerprint density at radius 1 is 1.16 bits per heavy atom. The standard InChI is InChI=1S/C16H19NO2/c1-16(2,3)14-6-4-12(5-7-14)10-17-9-8-13(11-17)15(18)19/h4-9,11H,10H2,1-3H3,(H,18,19). The van der Waals surface area contributed by atoms with Gasteiger partial charge in [-0.3, -0.25) is 0 Å². The highest BCUT2D eigenvalue weighted by Crippen LogP contribution is 2.22. The van der Waals surface area contributed by atoms with Crippen LogP contribution >= 0.6 is 0 Å². The first-order valence-corrected chi connectivity index (χ1v) is 6.35. The van der Waals surface area contributed by atoms with Crippen LogP contribution in [0.25, 0.3) is 0 Å². The molecular weight excluding hydrogens is 238 g/mol. The number of aromatic carboxylic acids is 1. The molecule has 0 fully saturated rings. The Bertz CT molecular complexity index is 574. The van der Waals surface area contributed by atoms with Gasteiger partial charge in [-0.05, 0) is 22.6 Å². The third-order valence-electron chi connectivity index (χ3n) is 3.18. The highest BCUT2D eigenvalue weighted by molar-refractivity contribution is 5.87. The number of carboxylic acid groups (broad SMARTS) is 1. The summed E-state index contributed by atoms with van der Waals surface area (Å²) in [5.74, 6) is -0.887. The minimum atomic E-state index is -0.887. The topological polar surface area (TPSA) is 42.2 Å². The molecule has 2 aromatic rings. The van der Waals surface area contributed by atoms with Gasteiger partial charge < -0.3 is 9.67 Å². The fourth-order valence-corrected chi connectivity index (χ4v) is 1.99. The maximum Gasteiger partial charge on any atom is 0.337 e. The first-order valence-electron chi connectivity index (χ1n) is 6.35. The molecule has 0 aliphatic heterocycles. The summed E-state index contributed by atoms with van der Waals surface area (Å²) < 4.78 is 1.88. The van der Waals surface area contributed by atoms with Gasteiger partial charge in [0.2, 0.25) is 0 Å². The first-order chi connectivity index (χ1) is 8.86. The average molecular weight is 257 g/mol. The van der Waals surface area contributed by atoms with Crippen LogP contribution in [0.15, 0.2) is 42.7 Å². The van der Waals surface area contributed by atoms with E-state index in [0.717, 1.165) is 0 Å². The van der Waals surface area contributed by atoms with Crippen LogP contribution in [-0.2, 0) is 12.0 Å². The number of aromatic nitrogens is 1. The van der Waals surface area contributed by atoms with Crippen LogP contribution in [0.5, 0.6) is 0 Å². The average Bonchev–Trinajstić information content (AvgIpc) is 2.77. The van der Waals surface area contributed by atoms with Crippen molar-refractivity contribution in [3.05, 3.63) is 59.4 Å². The predicted molar refractivity (Wildman–Crippen MR) is 75.6 cm³/mol. The Balaban J connectivity index is 2.13. The lowest BCUT2D eigenvalue weighted by molar-refractivity contribution is 0.0697. The molecular formula is C16H19NO2. The third-order valence-corrected chi connectivity index (χ3v) is 3.18. The van der Waals surface area contributed by atoms with Crippen LogP contribution in [-0.4, -0.2) is 15.6 Å². The summed E-state index contributed by atoms with van der Waals surface area (Å²) in [6.45, 7) is 7.25. The SMILES string of the molecule is CC(C)(C)c1ccc(Cn2ccc(C(=O)O)c2)cc1. The Morgan fingerprint density at radius 3 is 2.26 bits per heavy atom. The molecule has 1 N–H and O–H groups in total. The molecule has 100 valence electrons. The molecule has 0 radical (unpaired) electrons. The summed E-state index contributed by atoms with van der Waals surface area (Å²) in [6.07, 6.45) is 3.45. The van der Waals surface area contributed by atoms with Crippen LogP contribution in [0.1, 0.15) is 42.3 Å². The molecule has 1 heterocycles. The maximum absolute atomic E-state index is 10.8. The Labute approximate surface area is 113 Å². The van der Waals surface area contributed by atoms with Crippen LogP contribution < -0.4 is 0 Å². The van der Waals surface area contributed by atoms with E-state index < -0.39 is 5.97 Å². The molecule has 19 heavy (non-hydrogen) atoms. The summed E-state index contributed by atoms with van der Waals surface area (Å²) in [7, 11) is 0. The van der Waals surface area contributed by atoms with E-state index in [9.17, 15) is 4.79 Å². The van der Waals surface area contributed by atoms with Gasteiger partial charge in [-0.15, -0.1) is 0 Å².